The van der Waals surface area contributed by atoms with Crippen LogP contribution in [0.2, 0.25) is 0 Å². The Morgan fingerprint density at radius 2 is 1.72 bits per heavy atom. The Morgan fingerprint density at radius 3 is 2.46 bits per heavy atom. The van der Waals surface area contributed by atoms with E-state index < -0.39 is 17.7 Å². The lowest BCUT2D eigenvalue weighted by molar-refractivity contribution is -0.113. The van der Waals surface area contributed by atoms with Crippen LogP contribution < -0.4 is 29.7 Å². The zero-order chi connectivity index (χ0) is 32.4. The topological polar surface area (TPSA) is 81.9 Å². The predicted octanol–water partition coefficient (Wildman–Crippen LogP) is 6.05. The van der Waals surface area contributed by atoms with Crippen molar-refractivity contribution in [2.75, 3.05) is 12.4 Å². The van der Waals surface area contributed by atoms with Crippen LogP contribution in [0.3, 0.4) is 0 Å². The van der Waals surface area contributed by atoms with Gasteiger partial charge >= 0.3 is 0 Å². The fourth-order valence-corrected chi connectivity index (χ4v) is 6.41. The van der Waals surface area contributed by atoms with E-state index in [9.17, 15) is 18.4 Å². The summed E-state index contributed by atoms with van der Waals surface area (Å²) in [6, 6.07) is 24.6. The van der Waals surface area contributed by atoms with Crippen molar-refractivity contribution >= 4 is 29.0 Å². The molecule has 0 bridgehead atoms. The lowest BCUT2D eigenvalue weighted by Crippen LogP contribution is -2.40. The maximum absolute atomic E-state index is 14.2. The van der Waals surface area contributed by atoms with Gasteiger partial charge < -0.3 is 14.8 Å². The van der Waals surface area contributed by atoms with Crippen LogP contribution >= 0.6 is 11.3 Å². The Labute approximate surface area is 267 Å². The summed E-state index contributed by atoms with van der Waals surface area (Å²) in [5, 5.41) is 3.01. The minimum atomic E-state index is -0.813. The highest BCUT2D eigenvalue weighted by atomic mass is 32.1. The van der Waals surface area contributed by atoms with E-state index >= 15 is 0 Å². The fourth-order valence-electron chi connectivity index (χ4n) is 5.37. The molecule has 0 saturated carbocycles. The van der Waals surface area contributed by atoms with Gasteiger partial charge in [-0.1, -0.05) is 65.9 Å². The van der Waals surface area contributed by atoms with Crippen molar-refractivity contribution in [2.24, 2.45) is 4.99 Å². The lowest BCUT2D eigenvalue weighted by Gasteiger charge is -2.25. The Morgan fingerprint density at radius 1 is 0.978 bits per heavy atom. The second-order valence-corrected chi connectivity index (χ2v) is 11.7. The molecule has 7 nitrogen and oxygen atoms in total. The zero-order valence-electron chi connectivity index (χ0n) is 25.2. The van der Waals surface area contributed by atoms with Crippen LogP contribution in [0.15, 0.2) is 112 Å². The molecule has 1 aliphatic heterocycles. The summed E-state index contributed by atoms with van der Waals surface area (Å²) in [6.07, 6.45) is 1.74. The standard InChI is InChI=1S/C36H29F2N3O4S/c1-21-9-7-8-12-28(21)40-34(42)32-22(2)39-36-41(33(32)24-10-5-4-6-11-24)35(43)31(46-36)18-23-13-15-29(44-3)25(17-23)20-45-30-16-14-26(37)19-27(30)38/h4-19,33H,20H2,1-3H3,(H,40,42)/t33-/m1/s1. The monoisotopic (exact) mass is 637 g/mol. The molecule has 0 unspecified atom stereocenters. The van der Waals surface area contributed by atoms with Gasteiger partial charge in [0.15, 0.2) is 16.4 Å². The molecule has 0 radical (unpaired) electrons. The third kappa shape index (κ3) is 6.12. The molecule has 0 spiro atoms. The number of aryl methyl sites for hydroxylation is 1. The number of para-hydroxylation sites is 1. The van der Waals surface area contributed by atoms with Gasteiger partial charge in [-0.15, -0.1) is 0 Å². The van der Waals surface area contributed by atoms with Crippen molar-refractivity contribution in [1.29, 1.82) is 0 Å². The first-order valence-corrected chi connectivity index (χ1v) is 15.2. The predicted molar refractivity (Wildman–Crippen MR) is 174 cm³/mol. The molecular formula is C36H29F2N3O4S. The maximum atomic E-state index is 14.2. The van der Waals surface area contributed by atoms with Crippen LogP contribution in [-0.4, -0.2) is 17.6 Å². The molecule has 4 aromatic carbocycles. The van der Waals surface area contributed by atoms with Crippen molar-refractivity contribution < 1.29 is 23.0 Å². The highest BCUT2D eigenvalue weighted by molar-refractivity contribution is 7.07. The molecule has 6 rings (SSSR count). The molecule has 1 amide bonds. The quantitative estimate of drug-likeness (QED) is 0.225. The van der Waals surface area contributed by atoms with Crippen LogP contribution in [0.4, 0.5) is 14.5 Å². The number of anilines is 1. The number of nitrogens with one attached hydrogen (secondary N) is 1. The molecule has 0 aliphatic carbocycles. The van der Waals surface area contributed by atoms with E-state index in [2.05, 4.69) is 5.32 Å². The van der Waals surface area contributed by atoms with Crippen molar-refractivity contribution in [3.8, 4) is 11.5 Å². The number of methoxy groups -OCH3 is 1. The summed E-state index contributed by atoms with van der Waals surface area (Å²) in [7, 11) is 1.51. The number of amides is 1. The Kier molecular flexibility index (Phi) is 8.63. The minimum absolute atomic E-state index is 0.0543. The minimum Gasteiger partial charge on any atom is -0.496 e. The van der Waals surface area contributed by atoms with E-state index in [0.29, 0.717) is 43.2 Å². The van der Waals surface area contributed by atoms with Gasteiger partial charge in [-0.3, -0.25) is 14.2 Å². The third-order valence-electron chi connectivity index (χ3n) is 7.65. The number of allylic oxidation sites excluding steroid dienone is 1. The molecule has 5 aromatic rings. The second kappa shape index (κ2) is 12.9. The van der Waals surface area contributed by atoms with Crippen LogP contribution in [0, 0.1) is 18.6 Å². The number of benzene rings is 4. The van der Waals surface area contributed by atoms with Gasteiger partial charge in [0.05, 0.1) is 29.0 Å². The first kappa shape index (κ1) is 30.7. The fraction of sp³-hybridized carbons (Fsp3) is 0.139. The van der Waals surface area contributed by atoms with E-state index in [1.165, 1.54) is 24.5 Å². The van der Waals surface area contributed by atoms with Crippen LogP contribution in [0.5, 0.6) is 11.5 Å². The van der Waals surface area contributed by atoms with Gasteiger partial charge in [-0.05, 0) is 66.9 Å². The number of thiazole rings is 1. The summed E-state index contributed by atoms with van der Waals surface area (Å²) in [5.74, 6) is -1.44. The number of rotatable bonds is 8. The zero-order valence-corrected chi connectivity index (χ0v) is 26.0. The van der Waals surface area contributed by atoms with Crippen molar-refractivity contribution in [1.82, 2.24) is 4.57 Å². The SMILES string of the molecule is COc1ccc(C=c2sc3n(c2=O)[C@H](c2ccccc2)C(C(=O)Nc2ccccc2C)=C(C)N=3)cc1COc1ccc(F)cc1F. The molecule has 0 saturated heterocycles. The first-order valence-electron chi connectivity index (χ1n) is 14.4. The van der Waals surface area contributed by atoms with E-state index in [-0.39, 0.29) is 23.8 Å². The van der Waals surface area contributed by atoms with Gasteiger partial charge in [-0.25, -0.2) is 13.8 Å². The lowest BCUT2D eigenvalue weighted by atomic mass is 9.95. The van der Waals surface area contributed by atoms with E-state index in [4.69, 9.17) is 14.5 Å². The number of ether oxygens (including phenoxy) is 2. The Balaban J connectivity index is 1.39. The second-order valence-electron chi connectivity index (χ2n) is 10.7. The molecular weight excluding hydrogens is 608 g/mol. The Bertz CT molecular complexity index is 2170. The average Bonchev–Trinajstić information content (AvgIpc) is 3.35. The summed E-state index contributed by atoms with van der Waals surface area (Å²) in [4.78, 5) is 33.1. The number of hydrogen-bond acceptors (Lipinski definition) is 6. The molecule has 10 heteroatoms. The average molecular weight is 638 g/mol. The molecule has 1 N–H and O–H groups in total. The molecule has 0 fully saturated rings. The summed E-state index contributed by atoms with van der Waals surface area (Å²) < 4.78 is 40.6. The summed E-state index contributed by atoms with van der Waals surface area (Å²) >= 11 is 1.22. The number of aromatic nitrogens is 1. The highest BCUT2D eigenvalue weighted by Crippen LogP contribution is 2.31. The van der Waals surface area contributed by atoms with Crippen molar-refractivity contribution in [3.05, 3.63) is 156 Å². The van der Waals surface area contributed by atoms with Crippen LogP contribution in [0.25, 0.3) is 6.08 Å². The summed E-state index contributed by atoms with van der Waals surface area (Å²) in [6.45, 7) is 3.64. The number of carbonyl (C=O) groups is 1. The maximum Gasteiger partial charge on any atom is 0.271 e. The van der Waals surface area contributed by atoms with Gasteiger partial charge in [0.25, 0.3) is 11.5 Å². The molecule has 1 atom stereocenters. The van der Waals surface area contributed by atoms with Gasteiger partial charge in [0, 0.05) is 17.3 Å². The largest absolute Gasteiger partial charge is 0.496 e. The number of carbonyl (C=O) groups excluding carboxylic acids is 1. The Hall–Kier alpha value is -5.35. The summed E-state index contributed by atoms with van der Waals surface area (Å²) in [5.41, 5.74) is 4.24. The molecule has 46 heavy (non-hydrogen) atoms. The van der Waals surface area contributed by atoms with E-state index in [0.717, 1.165) is 23.3 Å². The van der Waals surface area contributed by atoms with E-state index in [1.807, 2.05) is 61.5 Å². The third-order valence-corrected chi connectivity index (χ3v) is 8.64. The van der Waals surface area contributed by atoms with Crippen LogP contribution in [0.1, 0.15) is 35.2 Å². The van der Waals surface area contributed by atoms with Gasteiger partial charge in [0.1, 0.15) is 18.2 Å². The van der Waals surface area contributed by atoms with Crippen molar-refractivity contribution in [3.63, 3.8) is 0 Å². The number of hydrogen-bond donors (Lipinski definition) is 1. The highest BCUT2D eigenvalue weighted by Gasteiger charge is 2.32. The molecule has 232 valence electrons. The number of nitrogens with zero attached hydrogens (tertiary/aromatic N) is 2. The van der Waals surface area contributed by atoms with E-state index in [1.54, 1.807) is 35.8 Å². The number of halogens is 2. The van der Waals surface area contributed by atoms with Crippen LogP contribution in [-0.2, 0) is 11.4 Å². The molecule has 1 aliphatic rings. The normalized spacial score (nSPS) is 14.5. The van der Waals surface area contributed by atoms with Gasteiger partial charge in [-0.2, -0.15) is 0 Å². The number of fused-ring (bicyclic) bond motifs is 1. The molecule has 1 aromatic heterocycles. The molecule has 2 heterocycles. The smallest absolute Gasteiger partial charge is 0.271 e. The first-order chi connectivity index (χ1) is 22.2. The van der Waals surface area contributed by atoms with Crippen molar-refractivity contribution in [2.45, 2.75) is 26.5 Å². The van der Waals surface area contributed by atoms with Gasteiger partial charge in [0.2, 0.25) is 0 Å².